The van der Waals surface area contributed by atoms with E-state index in [9.17, 15) is 38.7 Å². The predicted molar refractivity (Wildman–Crippen MR) is 123 cm³/mol. The minimum atomic E-state index is -4.71. The minimum absolute atomic E-state index is 0.0394. The summed E-state index contributed by atoms with van der Waals surface area (Å²) in [5, 5.41) is 23.1. The molecule has 17 nitrogen and oxygen atoms in total. The lowest BCUT2D eigenvalue weighted by molar-refractivity contribution is -0.118. The van der Waals surface area contributed by atoms with Crippen LogP contribution in [0.3, 0.4) is 0 Å². The molecule has 1 aliphatic rings. The fourth-order valence-electron chi connectivity index (χ4n) is 3.28. The zero-order valence-electron chi connectivity index (χ0n) is 18.5. The van der Waals surface area contributed by atoms with Crippen LogP contribution in [0.2, 0.25) is 0 Å². The molecular weight excluding hydrogens is 550 g/mol. The number of aromatic nitrogens is 4. The van der Waals surface area contributed by atoms with E-state index in [1.165, 1.54) is 0 Å². The van der Waals surface area contributed by atoms with Gasteiger partial charge in [0.2, 0.25) is 11.9 Å². The number of nitrogens with two attached hydrogens (primary N) is 1. The Balaban J connectivity index is 1.56. The van der Waals surface area contributed by atoms with Crippen LogP contribution >= 0.6 is 26.8 Å². The minimum Gasteiger partial charge on any atom is -0.387 e. The second-order valence-corrected chi connectivity index (χ2v) is 12.2. The Labute approximate surface area is 207 Å². The Bertz CT molecular complexity index is 1240. The first kappa shape index (κ1) is 28.7. The van der Waals surface area contributed by atoms with Gasteiger partial charge in [-0.3, -0.25) is 28.3 Å². The Morgan fingerprint density at radius 1 is 1.28 bits per heavy atom. The molecule has 1 fully saturated rings. The molecule has 0 aliphatic carbocycles. The number of H-pyrrole nitrogens is 1. The van der Waals surface area contributed by atoms with Crippen LogP contribution < -0.4 is 16.6 Å². The molecule has 2 aromatic rings. The maximum Gasteiger partial charge on any atom is 0.340 e. The highest BCUT2D eigenvalue weighted by molar-refractivity contribution is 7.70. The summed E-state index contributed by atoms with van der Waals surface area (Å²) in [6.07, 6.45) is -4.56. The van der Waals surface area contributed by atoms with Crippen LogP contribution in [-0.4, -0.2) is 95.3 Å². The first-order valence-corrected chi connectivity index (χ1v) is 14.4. The molecule has 8 N–H and O–H groups in total. The van der Waals surface area contributed by atoms with Gasteiger partial charge in [-0.15, -0.1) is 11.6 Å². The van der Waals surface area contributed by atoms with E-state index in [0.717, 1.165) is 10.9 Å². The van der Waals surface area contributed by atoms with Crippen molar-refractivity contribution >= 4 is 49.8 Å². The number of carbonyl (C=O) groups excluding carboxylic acids is 1. The number of imidazole rings is 1. The number of carbonyl (C=O) groups is 1. The summed E-state index contributed by atoms with van der Waals surface area (Å²) in [4.78, 5) is 52.9. The van der Waals surface area contributed by atoms with Crippen molar-refractivity contribution in [3.05, 3.63) is 16.7 Å². The number of rotatable bonds is 12. The summed E-state index contributed by atoms with van der Waals surface area (Å²) >= 11 is 5.31. The fourth-order valence-corrected chi connectivity index (χ4v) is 6.63. The van der Waals surface area contributed by atoms with E-state index in [4.69, 9.17) is 31.1 Å². The monoisotopic (exact) mass is 574 g/mol. The van der Waals surface area contributed by atoms with E-state index in [-0.39, 0.29) is 42.6 Å². The molecule has 6 unspecified atom stereocenters. The van der Waals surface area contributed by atoms with Gasteiger partial charge >= 0.3 is 15.2 Å². The second kappa shape index (κ2) is 11.6. The molecule has 0 radical (unpaired) electrons. The van der Waals surface area contributed by atoms with Crippen molar-refractivity contribution in [3.63, 3.8) is 0 Å². The molecule has 1 amide bonds. The number of aromatic amines is 1. The van der Waals surface area contributed by atoms with Gasteiger partial charge in [0, 0.05) is 6.54 Å². The van der Waals surface area contributed by atoms with Crippen LogP contribution in [-0.2, 0) is 27.7 Å². The van der Waals surface area contributed by atoms with Crippen LogP contribution in [0.4, 0.5) is 5.95 Å². The lowest BCUT2D eigenvalue weighted by Gasteiger charge is -2.19. The van der Waals surface area contributed by atoms with Crippen molar-refractivity contribution in [2.75, 3.05) is 37.3 Å². The number of hydrogen-bond acceptors (Lipinski definition) is 12. The van der Waals surface area contributed by atoms with Crippen molar-refractivity contribution in [1.29, 1.82) is 0 Å². The number of anilines is 1. The van der Waals surface area contributed by atoms with Crippen molar-refractivity contribution in [2.24, 2.45) is 0 Å². The van der Waals surface area contributed by atoms with Gasteiger partial charge in [0.1, 0.15) is 24.2 Å². The average molecular weight is 575 g/mol. The Kier molecular flexibility index (Phi) is 9.27. The molecule has 36 heavy (non-hydrogen) atoms. The maximum absolute atomic E-state index is 12.3. The van der Waals surface area contributed by atoms with Gasteiger partial charge in [0.25, 0.3) is 5.56 Å². The van der Waals surface area contributed by atoms with Crippen LogP contribution in [0.25, 0.3) is 11.2 Å². The SMILES string of the molecule is Nc1nc2c(ncn2C2OC(COP(=O)(O)CP(=O)(O)OCCCNC(=O)CCl)C(O)C2O)c(=O)[nH]1. The molecular formula is C16H25ClN6O11P2. The summed E-state index contributed by atoms with van der Waals surface area (Å²) in [5.74, 6) is -2.15. The maximum atomic E-state index is 12.3. The largest absolute Gasteiger partial charge is 0.387 e. The number of fused-ring (bicyclic) bond motifs is 1. The first-order chi connectivity index (χ1) is 16.8. The molecule has 3 heterocycles. The molecule has 0 aromatic carbocycles. The Hall–Kier alpha value is -1.91. The van der Waals surface area contributed by atoms with E-state index >= 15 is 0 Å². The molecule has 0 bridgehead atoms. The molecule has 2 aromatic heterocycles. The number of amides is 1. The molecule has 1 aliphatic heterocycles. The number of hydrogen-bond donors (Lipinski definition) is 7. The lowest BCUT2D eigenvalue weighted by atomic mass is 10.1. The molecule has 3 rings (SSSR count). The number of halogens is 1. The van der Waals surface area contributed by atoms with Crippen LogP contribution in [0, 0.1) is 0 Å². The molecule has 20 heteroatoms. The van der Waals surface area contributed by atoms with E-state index < -0.39 is 63.7 Å². The summed E-state index contributed by atoms with van der Waals surface area (Å²) in [7, 11) is -9.27. The smallest absolute Gasteiger partial charge is 0.340 e. The van der Waals surface area contributed by atoms with Crippen LogP contribution in [0.15, 0.2) is 11.1 Å². The zero-order chi connectivity index (χ0) is 26.7. The number of nitrogen functional groups attached to an aromatic ring is 1. The van der Waals surface area contributed by atoms with E-state index in [2.05, 4.69) is 20.3 Å². The molecule has 1 saturated heterocycles. The molecule has 0 spiro atoms. The van der Waals surface area contributed by atoms with Gasteiger partial charge in [0.15, 0.2) is 23.3 Å². The van der Waals surface area contributed by atoms with Gasteiger partial charge in [-0.25, -0.2) is 4.98 Å². The third-order valence-corrected chi connectivity index (χ3v) is 9.16. The van der Waals surface area contributed by atoms with Crippen LogP contribution in [0.5, 0.6) is 0 Å². The zero-order valence-corrected chi connectivity index (χ0v) is 21.0. The standard InChI is InChI=1S/C16H25ClN6O11P2/c17-4-9(24)19-2-1-3-32-35(28,29)7-36(30,31)33-5-8-11(25)12(26)15(34-8)23-6-20-10-13(23)21-16(18)22-14(10)27/h6,8,11-12,15,25-26H,1-5,7H2,(H,19,24)(H,28,29)(H,30,31)(H3,18,21,22,27). The van der Waals surface area contributed by atoms with E-state index in [1.54, 1.807) is 0 Å². The van der Waals surface area contributed by atoms with Gasteiger partial charge in [-0.1, -0.05) is 0 Å². The summed E-state index contributed by atoms with van der Waals surface area (Å²) in [5.41, 5.74) is 4.76. The number of aliphatic hydroxyl groups is 2. The summed E-state index contributed by atoms with van der Waals surface area (Å²) in [6, 6.07) is 0. The molecule has 0 saturated carbocycles. The van der Waals surface area contributed by atoms with Crippen molar-refractivity contribution in [2.45, 2.75) is 31.0 Å². The average Bonchev–Trinajstić information content (AvgIpc) is 3.32. The topological polar surface area (TPSA) is 261 Å². The van der Waals surface area contributed by atoms with Gasteiger partial charge in [-0.05, 0) is 6.42 Å². The summed E-state index contributed by atoms with van der Waals surface area (Å²) < 4.78 is 40.7. The molecule has 202 valence electrons. The van der Waals surface area contributed by atoms with Crippen molar-refractivity contribution in [1.82, 2.24) is 24.8 Å². The third kappa shape index (κ3) is 7.10. The number of nitrogens with one attached hydrogen (secondary N) is 2. The lowest BCUT2D eigenvalue weighted by Crippen LogP contribution is -2.33. The second-order valence-electron chi connectivity index (χ2n) is 7.70. The molecule has 6 atom stereocenters. The number of aliphatic hydroxyl groups excluding tert-OH is 2. The summed E-state index contributed by atoms with van der Waals surface area (Å²) in [6.45, 7) is -0.924. The van der Waals surface area contributed by atoms with E-state index in [0.29, 0.717) is 0 Å². The fraction of sp³-hybridized carbons (Fsp3) is 0.625. The predicted octanol–water partition coefficient (Wildman–Crippen LogP) is -1.57. The van der Waals surface area contributed by atoms with Crippen LogP contribution in [0.1, 0.15) is 12.6 Å². The first-order valence-electron chi connectivity index (χ1n) is 10.3. The normalized spacial score (nSPS) is 25.5. The van der Waals surface area contributed by atoms with Gasteiger partial charge < -0.3 is 44.8 Å². The van der Waals surface area contributed by atoms with Gasteiger partial charge in [-0.2, -0.15) is 4.98 Å². The highest BCUT2D eigenvalue weighted by Gasteiger charge is 2.46. The van der Waals surface area contributed by atoms with Gasteiger partial charge in [0.05, 0.1) is 19.5 Å². The highest BCUT2D eigenvalue weighted by atomic mass is 35.5. The van der Waals surface area contributed by atoms with E-state index in [1.807, 2.05) is 0 Å². The number of alkyl halides is 1. The quantitative estimate of drug-likeness (QED) is 0.0857. The Morgan fingerprint density at radius 2 is 1.97 bits per heavy atom. The van der Waals surface area contributed by atoms with Crippen molar-refractivity contribution in [3.8, 4) is 0 Å². The Morgan fingerprint density at radius 3 is 2.67 bits per heavy atom. The van der Waals surface area contributed by atoms with Crippen molar-refractivity contribution < 1.29 is 47.7 Å². The highest BCUT2D eigenvalue weighted by Crippen LogP contribution is 2.58. The third-order valence-electron chi connectivity index (χ3n) is 4.92. The number of nitrogens with zero attached hydrogens (tertiary/aromatic N) is 3. The number of ether oxygens (including phenoxy) is 1.